The van der Waals surface area contributed by atoms with Gasteiger partial charge in [-0.3, -0.25) is 0 Å². The highest BCUT2D eigenvalue weighted by atomic mass is 32.2. The van der Waals surface area contributed by atoms with Crippen LogP contribution in [0.15, 0.2) is 23.1 Å². The molecule has 0 aliphatic carbocycles. The quantitative estimate of drug-likeness (QED) is 0.884. The van der Waals surface area contributed by atoms with E-state index in [1.54, 1.807) is 19.9 Å². The van der Waals surface area contributed by atoms with E-state index in [2.05, 4.69) is 0 Å². The van der Waals surface area contributed by atoms with Gasteiger partial charge in [-0.15, -0.1) is 0 Å². The van der Waals surface area contributed by atoms with Crippen LogP contribution in [-0.2, 0) is 14.8 Å². The van der Waals surface area contributed by atoms with Crippen molar-refractivity contribution < 1.29 is 18.3 Å². The van der Waals surface area contributed by atoms with E-state index < -0.39 is 16.1 Å². The van der Waals surface area contributed by atoms with Crippen LogP contribution in [0.1, 0.15) is 18.1 Å². The van der Waals surface area contributed by atoms with Crippen LogP contribution in [0.5, 0.6) is 0 Å². The summed E-state index contributed by atoms with van der Waals surface area (Å²) in [5.74, 6) is 0. The number of sulfonamides is 1. The van der Waals surface area contributed by atoms with Crippen LogP contribution in [0.3, 0.4) is 0 Å². The standard InChI is InChI=1S/C14H18N2O4S/c1-10-5-12(6-15)3-4-14(10)21(18,19)16-7-13(8-17)20-9-11(16)2/h3-5,11,13,17H,7-9H2,1-2H3. The first-order valence-electron chi connectivity index (χ1n) is 6.65. The predicted octanol–water partition coefficient (Wildman–Crippen LogP) is 0.637. The summed E-state index contributed by atoms with van der Waals surface area (Å²) < 4.78 is 32.3. The molecule has 0 radical (unpaired) electrons. The second-order valence-corrected chi connectivity index (χ2v) is 7.01. The molecule has 1 saturated heterocycles. The molecule has 21 heavy (non-hydrogen) atoms. The normalized spacial score (nSPS) is 23.7. The van der Waals surface area contributed by atoms with Gasteiger partial charge in [-0.2, -0.15) is 9.57 Å². The number of hydrogen-bond donors (Lipinski definition) is 1. The van der Waals surface area contributed by atoms with Crippen LogP contribution in [0.25, 0.3) is 0 Å². The zero-order chi connectivity index (χ0) is 15.6. The average molecular weight is 310 g/mol. The number of benzene rings is 1. The SMILES string of the molecule is Cc1cc(C#N)ccc1S(=O)(=O)N1CC(CO)OCC1C. The maximum Gasteiger partial charge on any atom is 0.243 e. The number of aliphatic hydroxyl groups excluding tert-OH is 1. The van der Waals surface area contributed by atoms with Crippen molar-refractivity contribution in [3.8, 4) is 6.07 Å². The van der Waals surface area contributed by atoms with E-state index in [1.165, 1.54) is 16.4 Å². The molecule has 1 N–H and O–H groups in total. The minimum Gasteiger partial charge on any atom is -0.394 e. The number of hydrogen-bond acceptors (Lipinski definition) is 5. The van der Waals surface area contributed by atoms with E-state index in [9.17, 15) is 13.5 Å². The highest BCUT2D eigenvalue weighted by molar-refractivity contribution is 7.89. The Morgan fingerprint density at radius 2 is 2.24 bits per heavy atom. The Balaban J connectivity index is 2.39. The topological polar surface area (TPSA) is 90.6 Å². The van der Waals surface area contributed by atoms with Crippen LogP contribution < -0.4 is 0 Å². The third-order valence-corrected chi connectivity index (χ3v) is 5.68. The molecule has 1 aliphatic heterocycles. The van der Waals surface area contributed by atoms with Crippen LogP contribution >= 0.6 is 0 Å². The van der Waals surface area contributed by atoms with Gasteiger partial charge in [-0.25, -0.2) is 8.42 Å². The van der Waals surface area contributed by atoms with Crippen molar-refractivity contribution in [2.45, 2.75) is 30.9 Å². The number of aryl methyl sites for hydroxylation is 1. The van der Waals surface area contributed by atoms with Crippen molar-refractivity contribution in [3.05, 3.63) is 29.3 Å². The lowest BCUT2D eigenvalue weighted by molar-refractivity contribution is -0.0516. The summed E-state index contributed by atoms with van der Waals surface area (Å²) in [5.41, 5.74) is 0.961. The molecule has 0 spiro atoms. The Hall–Kier alpha value is -1.46. The third-order valence-electron chi connectivity index (χ3n) is 3.54. The predicted molar refractivity (Wildman–Crippen MR) is 76.1 cm³/mol. The van der Waals surface area contributed by atoms with Crippen molar-refractivity contribution in [3.63, 3.8) is 0 Å². The average Bonchev–Trinajstić information content (AvgIpc) is 2.47. The zero-order valence-electron chi connectivity index (χ0n) is 12.0. The van der Waals surface area contributed by atoms with Crippen LogP contribution in [0, 0.1) is 18.3 Å². The smallest absolute Gasteiger partial charge is 0.243 e. The van der Waals surface area contributed by atoms with Crippen LogP contribution in [0.2, 0.25) is 0 Å². The second kappa shape index (κ2) is 6.12. The van der Waals surface area contributed by atoms with Gasteiger partial charge in [0.1, 0.15) is 0 Å². The van der Waals surface area contributed by atoms with E-state index in [4.69, 9.17) is 10.00 Å². The number of morpholine rings is 1. The van der Waals surface area contributed by atoms with E-state index in [-0.39, 0.29) is 30.7 Å². The van der Waals surface area contributed by atoms with E-state index >= 15 is 0 Å². The second-order valence-electron chi connectivity index (χ2n) is 5.15. The highest BCUT2D eigenvalue weighted by Crippen LogP contribution is 2.25. The minimum atomic E-state index is -3.68. The van der Waals surface area contributed by atoms with Gasteiger partial charge in [0.15, 0.2) is 0 Å². The molecule has 2 rings (SSSR count). The summed E-state index contributed by atoms with van der Waals surface area (Å²) in [4.78, 5) is 0.187. The summed E-state index contributed by atoms with van der Waals surface area (Å²) in [6.07, 6.45) is -0.505. The number of nitriles is 1. The van der Waals surface area contributed by atoms with Gasteiger partial charge in [0.2, 0.25) is 10.0 Å². The van der Waals surface area contributed by atoms with E-state index in [0.29, 0.717) is 11.1 Å². The summed E-state index contributed by atoms with van der Waals surface area (Å²) in [7, 11) is -3.68. The number of ether oxygens (including phenoxy) is 1. The first-order chi connectivity index (χ1) is 9.90. The summed E-state index contributed by atoms with van der Waals surface area (Å²) in [6.45, 7) is 3.59. The van der Waals surface area contributed by atoms with Gasteiger partial charge in [-0.05, 0) is 37.6 Å². The molecule has 1 aliphatic rings. The monoisotopic (exact) mass is 310 g/mol. The van der Waals surface area contributed by atoms with Crippen molar-refractivity contribution in [1.29, 1.82) is 5.26 Å². The number of nitrogens with zero attached hydrogens (tertiary/aromatic N) is 2. The fourth-order valence-electron chi connectivity index (χ4n) is 2.37. The molecular formula is C14H18N2O4S. The van der Waals surface area contributed by atoms with Crippen molar-refractivity contribution in [2.24, 2.45) is 0 Å². The van der Waals surface area contributed by atoms with Crippen molar-refractivity contribution in [2.75, 3.05) is 19.8 Å². The van der Waals surface area contributed by atoms with Gasteiger partial charge in [0.25, 0.3) is 0 Å². The van der Waals surface area contributed by atoms with Gasteiger partial charge in [0.05, 0.1) is 35.8 Å². The minimum absolute atomic E-state index is 0.124. The third kappa shape index (κ3) is 3.09. The molecule has 0 amide bonds. The van der Waals surface area contributed by atoms with E-state index in [0.717, 1.165) is 0 Å². The maximum absolute atomic E-state index is 12.8. The Labute approximate surface area is 124 Å². The lowest BCUT2D eigenvalue weighted by Gasteiger charge is -2.36. The van der Waals surface area contributed by atoms with Gasteiger partial charge in [0, 0.05) is 12.6 Å². The molecule has 0 aromatic heterocycles. The first kappa shape index (κ1) is 15.9. The maximum atomic E-state index is 12.8. The fourth-order valence-corrected chi connectivity index (χ4v) is 4.23. The molecule has 1 aromatic rings. The molecule has 1 heterocycles. The molecule has 1 fully saturated rings. The van der Waals surface area contributed by atoms with Gasteiger partial charge >= 0.3 is 0 Å². The molecule has 6 nitrogen and oxygen atoms in total. The van der Waals surface area contributed by atoms with E-state index in [1.807, 2.05) is 6.07 Å². The molecule has 114 valence electrons. The molecule has 0 bridgehead atoms. The van der Waals surface area contributed by atoms with Crippen molar-refractivity contribution in [1.82, 2.24) is 4.31 Å². The Morgan fingerprint density at radius 3 is 2.81 bits per heavy atom. The molecule has 0 saturated carbocycles. The van der Waals surface area contributed by atoms with Gasteiger partial charge < -0.3 is 9.84 Å². The Bertz CT molecular complexity index is 666. The molecule has 2 unspecified atom stereocenters. The van der Waals surface area contributed by atoms with Crippen LogP contribution in [-0.4, -0.2) is 49.7 Å². The van der Waals surface area contributed by atoms with Crippen molar-refractivity contribution >= 4 is 10.0 Å². The first-order valence-corrected chi connectivity index (χ1v) is 8.09. The number of rotatable bonds is 3. The zero-order valence-corrected chi connectivity index (χ0v) is 12.8. The summed E-state index contributed by atoms with van der Waals surface area (Å²) >= 11 is 0. The molecule has 1 aromatic carbocycles. The largest absolute Gasteiger partial charge is 0.394 e. The lowest BCUT2D eigenvalue weighted by atomic mass is 10.2. The summed E-state index contributed by atoms with van der Waals surface area (Å²) in [6, 6.07) is 6.20. The highest BCUT2D eigenvalue weighted by Gasteiger charge is 2.36. The Kier molecular flexibility index (Phi) is 4.64. The number of aliphatic hydroxyl groups is 1. The molecular weight excluding hydrogens is 292 g/mol. The Morgan fingerprint density at radius 1 is 1.52 bits per heavy atom. The lowest BCUT2D eigenvalue weighted by Crippen LogP contribution is -2.51. The fraction of sp³-hybridized carbons (Fsp3) is 0.500. The summed E-state index contributed by atoms with van der Waals surface area (Å²) in [5, 5.41) is 18.0. The molecule has 7 heteroatoms. The van der Waals surface area contributed by atoms with Crippen LogP contribution in [0.4, 0.5) is 0 Å². The van der Waals surface area contributed by atoms with Gasteiger partial charge in [-0.1, -0.05) is 0 Å². The molecule has 2 atom stereocenters.